The van der Waals surface area contributed by atoms with Crippen molar-refractivity contribution in [3.8, 4) is 0 Å². The Bertz CT molecular complexity index is 892. The summed E-state index contributed by atoms with van der Waals surface area (Å²) in [6.07, 6.45) is 0.151. The van der Waals surface area contributed by atoms with Crippen molar-refractivity contribution in [3.63, 3.8) is 0 Å². The van der Waals surface area contributed by atoms with Crippen LogP contribution in [0.1, 0.15) is 16.7 Å². The quantitative estimate of drug-likeness (QED) is 0.559. The number of nitrogens with one attached hydrogen (secondary N) is 1. The molecule has 26 heavy (non-hydrogen) atoms. The van der Waals surface area contributed by atoms with Crippen LogP contribution in [0.15, 0.2) is 72.8 Å². The van der Waals surface area contributed by atoms with Crippen LogP contribution in [0.5, 0.6) is 0 Å². The van der Waals surface area contributed by atoms with Crippen molar-refractivity contribution in [1.82, 2.24) is 5.32 Å². The highest BCUT2D eigenvalue weighted by Gasteiger charge is 2.30. The lowest BCUT2D eigenvalue weighted by atomic mass is 10.0. The smallest absolute Gasteiger partial charge is 0.313 e. The number of hydrogen-bond donors (Lipinski definition) is 1. The molecule has 3 aromatic rings. The van der Waals surface area contributed by atoms with Gasteiger partial charge in [-0.25, -0.2) is 0 Å². The Balaban J connectivity index is 1.51. The van der Waals surface area contributed by atoms with Crippen molar-refractivity contribution < 1.29 is 13.2 Å². The summed E-state index contributed by atoms with van der Waals surface area (Å²) >= 11 is 0. The third-order valence-corrected chi connectivity index (χ3v) is 4.24. The second-order valence-corrected chi connectivity index (χ2v) is 6.12. The van der Waals surface area contributed by atoms with Crippen LogP contribution in [0.25, 0.3) is 16.8 Å². The van der Waals surface area contributed by atoms with Crippen LogP contribution in [0.4, 0.5) is 13.2 Å². The van der Waals surface area contributed by atoms with Crippen molar-refractivity contribution in [2.24, 2.45) is 0 Å². The standard InChI is InChI=1S/C22H20F3N/c23-22(24,25)20-11-3-6-17(16-20)7-5-14-26-15-13-19-10-4-9-18-8-1-2-12-21(18)19/h1-12,16,26H,13-15H2. The lowest BCUT2D eigenvalue weighted by molar-refractivity contribution is -0.137. The van der Waals surface area contributed by atoms with Crippen LogP contribution in [0.2, 0.25) is 0 Å². The van der Waals surface area contributed by atoms with Crippen LogP contribution in [0.3, 0.4) is 0 Å². The van der Waals surface area contributed by atoms with Crippen molar-refractivity contribution in [2.45, 2.75) is 12.6 Å². The van der Waals surface area contributed by atoms with Crippen LogP contribution in [-0.4, -0.2) is 13.1 Å². The molecule has 0 amide bonds. The molecule has 1 nitrogen and oxygen atoms in total. The first-order valence-corrected chi connectivity index (χ1v) is 8.55. The molecule has 0 aliphatic heterocycles. The molecule has 1 N–H and O–H groups in total. The van der Waals surface area contributed by atoms with Gasteiger partial charge in [0.25, 0.3) is 0 Å². The molecule has 0 saturated heterocycles. The van der Waals surface area contributed by atoms with Crippen molar-refractivity contribution >= 4 is 16.8 Å². The topological polar surface area (TPSA) is 12.0 Å². The van der Waals surface area contributed by atoms with Crippen LogP contribution in [-0.2, 0) is 12.6 Å². The summed E-state index contributed by atoms with van der Waals surface area (Å²) in [5.74, 6) is 0. The molecule has 3 rings (SSSR count). The molecule has 0 bridgehead atoms. The molecule has 0 atom stereocenters. The normalized spacial score (nSPS) is 12.1. The summed E-state index contributed by atoms with van der Waals surface area (Å²) in [6.45, 7) is 1.42. The van der Waals surface area contributed by atoms with E-state index in [9.17, 15) is 13.2 Å². The van der Waals surface area contributed by atoms with Gasteiger partial charge in [-0.05, 0) is 47.0 Å². The Morgan fingerprint density at radius 2 is 1.65 bits per heavy atom. The molecule has 0 spiro atoms. The first-order valence-electron chi connectivity index (χ1n) is 8.55. The summed E-state index contributed by atoms with van der Waals surface area (Å²) in [5, 5.41) is 5.80. The van der Waals surface area contributed by atoms with E-state index in [2.05, 4.69) is 35.6 Å². The fraction of sp³-hybridized carbons (Fsp3) is 0.182. The zero-order valence-electron chi connectivity index (χ0n) is 14.3. The monoisotopic (exact) mass is 355 g/mol. The van der Waals surface area contributed by atoms with Gasteiger partial charge in [0.2, 0.25) is 0 Å². The van der Waals surface area contributed by atoms with Gasteiger partial charge in [-0.2, -0.15) is 13.2 Å². The fourth-order valence-corrected chi connectivity index (χ4v) is 2.93. The molecule has 0 unspecified atom stereocenters. The maximum Gasteiger partial charge on any atom is 0.416 e. The van der Waals surface area contributed by atoms with Crippen LogP contribution < -0.4 is 5.32 Å². The largest absolute Gasteiger partial charge is 0.416 e. The molecule has 0 radical (unpaired) electrons. The van der Waals surface area contributed by atoms with Gasteiger partial charge in [0.05, 0.1) is 5.56 Å². The number of benzene rings is 3. The minimum absolute atomic E-state index is 0.552. The van der Waals surface area contributed by atoms with Crippen LogP contribution >= 0.6 is 0 Å². The van der Waals surface area contributed by atoms with E-state index in [1.54, 1.807) is 12.1 Å². The molecule has 0 fully saturated rings. The highest BCUT2D eigenvalue weighted by Crippen LogP contribution is 2.29. The Morgan fingerprint density at radius 1 is 0.885 bits per heavy atom. The van der Waals surface area contributed by atoms with Crippen molar-refractivity contribution in [1.29, 1.82) is 0 Å². The van der Waals surface area contributed by atoms with E-state index in [-0.39, 0.29) is 0 Å². The predicted molar refractivity (Wildman–Crippen MR) is 101 cm³/mol. The third-order valence-electron chi connectivity index (χ3n) is 4.24. The lowest BCUT2D eigenvalue weighted by Gasteiger charge is -2.07. The maximum absolute atomic E-state index is 12.7. The first-order chi connectivity index (χ1) is 12.5. The Kier molecular flexibility index (Phi) is 5.74. The van der Waals surface area contributed by atoms with Gasteiger partial charge < -0.3 is 5.32 Å². The summed E-state index contributed by atoms with van der Waals surface area (Å²) in [7, 11) is 0. The average Bonchev–Trinajstić information content (AvgIpc) is 2.64. The molecule has 0 heterocycles. The maximum atomic E-state index is 12.7. The number of fused-ring (bicyclic) bond motifs is 1. The van der Waals surface area contributed by atoms with Crippen LogP contribution in [0, 0.1) is 0 Å². The SMILES string of the molecule is FC(F)(F)c1cccc(C=CCNCCc2cccc3ccccc23)c1. The van der Waals surface area contributed by atoms with Gasteiger partial charge >= 0.3 is 6.18 Å². The van der Waals surface area contributed by atoms with E-state index in [1.165, 1.54) is 22.4 Å². The Morgan fingerprint density at radius 3 is 2.50 bits per heavy atom. The second-order valence-electron chi connectivity index (χ2n) is 6.12. The van der Waals surface area contributed by atoms with E-state index in [0.29, 0.717) is 12.1 Å². The van der Waals surface area contributed by atoms with E-state index in [4.69, 9.17) is 0 Å². The minimum atomic E-state index is -4.31. The number of alkyl halides is 3. The van der Waals surface area contributed by atoms with Gasteiger partial charge in [-0.3, -0.25) is 0 Å². The van der Waals surface area contributed by atoms with Gasteiger partial charge in [0, 0.05) is 6.54 Å². The third kappa shape index (κ3) is 4.73. The number of hydrogen-bond acceptors (Lipinski definition) is 1. The Labute approximate surface area is 151 Å². The van der Waals surface area contributed by atoms with Crippen molar-refractivity contribution in [2.75, 3.05) is 13.1 Å². The average molecular weight is 355 g/mol. The highest BCUT2D eigenvalue weighted by atomic mass is 19.4. The molecule has 0 aromatic heterocycles. The van der Waals surface area contributed by atoms with E-state index >= 15 is 0 Å². The zero-order valence-corrected chi connectivity index (χ0v) is 14.3. The van der Waals surface area contributed by atoms with E-state index in [1.807, 2.05) is 18.2 Å². The summed E-state index contributed by atoms with van der Waals surface area (Å²) in [5.41, 5.74) is 1.22. The Hall–Kier alpha value is -2.59. The molecule has 3 aromatic carbocycles. The predicted octanol–water partition coefficient (Wildman–Crippen LogP) is 5.70. The molecular formula is C22H20F3N. The van der Waals surface area contributed by atoms with Gasteiger partial charge in [-0.15, -0.1) is 0 Å². The molecule has 0 saturated carbocycles. The van der Waals surface area contributed by atoms with Gasteiger partial charge in [0.15, 0.2) is 0 Å². The highest BCUT2D eigenvalue weighted by molar-refractivity contribution is 5.85. The fourth-order valence-electron chi connectivity index (χ4n) is 2.93. The molecule has 0 aliphatic rings. The summed E-state index contributed by atoms with van der Waals surface area (Å²) in [4.78, 5) is 0. The molecule has 0 aliphatic carbocycles. The number of rotatable bonds is 6. The number of halogens is 3. The lowest BCUT2D eigenvalue weighted by Crippen LogP contribution is -2.17. The minimum Gasteiger partial charge on any atom is -0.313 e. The van der Waals surface area contributed by atoms with Gasteiger partial charge in [-0.1, -0.05) is 66.7 Å². The molecule has 4 heteroatoms. The first kappa shape index (κ1) is 18.2. The second kappa shape index (κ2) is 8.19. The van der Waals surface area contributed by atoms with Gasteiger partial charge in [0.1, 0.15) is 0 Å². The van der Waals surface area contributed by atoms with E-state index in [0.717, 1.165) is 25.1 Å². The van der Waals surface area contributed by atoms with Crippen molar-refractivity contribution in [3.05, 3.63) is 89.5 Å². The summed E-state index contributed by atoms with van der Waals surface area (Å²) < 4.78 is 38.1. The molecular weight excluding hydrogens is 335 g/mol. The zero-order chi connectivity index (χ0) is 18.4. The van der Waals surface area contributed by atoms with E-state index < -0.39 is 11.7 Å². The summed E-state index contributed by atoms with van der Waals surface area (Å²) in [6, 6.07) is 19.9. The molecule has 134 valence electrons.